The van der Waals surface area contributed by atoms with Gasteiger partial charge in [0.05, 0.1) is 28.4 Å². The molecule has 1 aliphatic rings. The lowest BCUT2D eigenvalue weighted by atomic mass is 9.79. The second-order valence-electron chi connectivity index (χ2n) is 26.6. The number of methoxy groups -OCH3 is 4. The minimum absolute atomic E-state index is 0.0866. The molecule has 4 amide bonds. The van der Waals surface area contributed by atoms with Crippen molar-refractivity contribution in [2.75, 3.05) is 54.9 Å². The summed E-state index contributed by atoms with van der Waals surface area (Å²) in [5.74, 6) is -3.74. The van der Waals surface area contributed by atoms with Gasteiger partial charge in [0.1, 0.15) is 47.2 Å². The molecule has 0 heterocycles. The molecule has 8 bridgehead atoms. The lowest BCUT2D eigenvalue weighted by Gasteiger charge is -2.29. The van der Waals surface area contributed by atoms with E-state index in [1.54, 1.807) is 0 Å². The van der Waals surface area contributed by atoms with Gasteiger partial charge in [0.2, 0.25) is 0 Å². The maximum Gasteiger partial charge on any atom is 0.328 e. The van der Waals surface area contributed by atoms with Crippen molar-refractivity contribution in [3.05, 3.63) is 115 Å². The Morgan fingerprint density at radius 3 is 0.591 bits per heavy atom. The van der Waals surface area contributed by atoms with Crippen molar-refractivity contribution in [2.45, 2.75) is 182 Å². The number of rotatable bonds is 20. The van der Waals surface area contributed by atoms with Crippen LogP contribution in [0.1, 0.15) is 178 Å². The van der Waals surface area contributed by atoms with E-state index < -0.39 is 120 Å². The van der Waals surface area contributed by atoms with Crippen LogP contribution in [-0.2, 0) is 105 Å². The fourth-order valence-electron chi connectivity index (χ4n) is 9.99. The minimum atomic E-state index is -1.00. The van der Waals surface area contributed by atoms with Crippen molar-refractivity contribution in [3.63, 3.8) is 0 Å². The van der Waals surface area contributed by atoms with Crippen molar-refractivity contribution in [2.24, 2.45) is 0 Å². The van der Waals surface area contributed by atoms with Crippen LogP contribution in [0.25, 0.3) is 0 Å². The summed E-state index contributed by atoms with van der Waals surface area (Å²) in [6, 6.07) is 12.2. The largest absolute Gasteiger partial charge is 0.483 e. The third-order valence-electron chi connectivity index (χ3n) is 15.1. The number of benzene rings is 4. The first-order chi connectivity index (χ1) is 40.9. The van der Waals surface area contributed by atoms with Crippen molar-refractivity contribution in [1.29, 1.82) is 0 Å². The van der Waals surface area contributed by atoms with Crippen LogP contribution in [0.3, 0.4) is 0 Å². The van der Waals surface area contributed by atoms with Crippen LogP contribution in [0.15, 0.2) is 48.5 Å². The Hall–Kier alpha value is -8.16. The van der Waals surface area contributed by atoms with Crippen LogP contribution >= 0.6 is 0 Å². The number of hydrogen-bond donors (Lipinski definition) is 4. The molecule has 5 rings (SSSR count). The zero-order chi connectivity index (χ0) is 66.0. The van der Waals surface area contributed by atoms with Gasteiger partial charge in [-0.2, -0.15) is 0 Å². The molecule has 1 aliphatic carbocycles. The molecule has 0 aliphatic heterocycles. The third-order valence-corrected chi connectivity index (χ3v) is 15.1. The van der Waals surface area contributed by atoms with E-state index >= 15 is 0 Å². The Bertz CT molecular complexity index is 2740. The molecule has 88 heavy (non-hydrogen) atoms. The molecule has 4 aromatic rings. The van der Waals surface area contributed by atoms with Crippen LogP contribution in [0.5, 0.6) is 23.0 Å². The van der Waals surface area contributed by atoms with Gasteiger partial charge in [0, 0.05) is 25.7 Å². The second kappa shape index (κ2) is 29.2. The number of nitrogens with one attached hydrogen (secondary N) is 4. The monoisotopic (exact) mass is 1220 g/mol. The van der Waals surface area contributed by atoms with Gasteiger partial charge in [-0.1, -0.05) is 132 Å². The molecule has 0 fully saturated rings. The van der Waals surface area contributed by atoms with Gasteiger partial charge < -0.3 is 59.2 Å². The summed E-state index contributed by atoms with van der Waals surface area (Å²) in [6.07, 6.45) is 0.346. The number of carbonyl (C=O) groups is 8. The normalized spacial score (nSPS) is 13.9. The Morgan fingerprint density at radius 1 is 0.318 bits per heavy atom. The fraction of sp³-hybridized carbons (Fsp3) is 0.529. The highest BCUT2D eigenvalue weighted by molar-refractivity contribution is 5.87. The van der Waals surface area contributed by atoms with Crippen LogP contribution < -0.4 is 40.2 Å². The smallest absolute Gasteiger partial charge is 0.328 e. The molecule has 480 valence electrons. The Morgan fingerprint density at radius 2 is 0.466 bits per heavy atom. The molecular weight excluding hydrogens is 1130 g/mol. The van der Waals surface area contributed by atoms with Gasteiger partial charge in [-0.15, -0.1) is 0 Å². The summed E-state index contributed by atoms with van der Waals surface area (Å²) in [6.45, 7) is 28.8. The molecule has 0 saturated heterocycles. The van der Waals surface area contributed by atoms with Gasteiger partial charge in [-0.3, -0.25) is 19.2 Å². The van der Waals surface area contributed by atoms with Crippen LogP contribution in [0, 0.1) is 0 Å². The first-order valence-corrected chi connectivity index (χ1v) is 29.5. The molecule has 20 heteroatoms. The average molecular weight is 1220 g/mol. The summed E-state index contributed by atoms with van der Waals surface area (Å²) < 4.78 is 46.7. The molecule has 4 aromatic carbocycles. The number of amides is 4. The number of carbonyl (C=O) groups excluding carboxylic acids is 8. The predicted molar refractivity (Wildman–Crippen MR) is 332 cm³/mol. The van der Waals surface area contributed by atoms with E-state index in [2.05, 4.69) is 104 Å². The van der Waals surface area contributed by atoms with E-state index in [1.165, 1.54) is 56.1 Å². The molecule has 4 unspecified atom stereocenters. The number of hydrogen-bond acceptors (Lipinski definition) is 16. The van der Waals surface area contributed by atoms with Crippen LogP contribution in [0.4, 0.5) is 0 Å². The van der Waals surface area contributed by atoms with Crippen molar-refractivity contribution in [1.82, 2.24) is 21.3 Å². The summed E-state index contributed by atoms with van der Waals surface area (Å²) in [5, 5.41) is 10.7. The van der Waals surface area contributed by atoms with Crippen molar-refractivity contribution >= 4 is 47.5 Å². The van der Waals surface area contributed by atoms with Gasteiger partial charge >= 0.3 is 23.9 Å². The maximum absolute atomic E-state index is 13.9. The second-order valence-corrected chi connectivity index (χ2v) is 26.6. The summed E-state index contributed by atoms with van der Waals surface area (Å²) in [7, 11) is 4.91. The maximum atomic E-state index is 13.9. The SMILES string of the molecule is COC(=O)C(C)NC(=O)COc1c2cc(C(C)(C)C)cc1Cc1cc(C(C)(C)C)cc(c1OCC(=O)NC(C)C(=O)OC)Cc1cc(C(C)(C)C)cc(c1OCC(=O)NC(C)C(=O)OC)Cc1cc(C(C)(C)C)cc(c1OCC(=O)NC(C)C(=O)OC)C2. The van der Waals surface area contributed by atoms with E-state index in [0.717, 1.165) is 22.3 Å². The first kappa shape index (κ1) is 70.6. The van der Waals surface area contributed by atoms with E-state index in [1.807, 2.05) is 48.5 Å². The Balaban J connectivity index is 2.02. The summed E-state index contributed by atoms with van der Waals surface area (Å²) in [5.41, 5.74) is 6.54. The molecule has 4 N–H and O–H groups in total. The molecule has 0 spiro atoms. The van der Waals surface area contributed by atoms with E-state index in [-0.39, 0.29) is 25.7 Å². The van der Waals surface area contributed by atoms with Crippen LogP contribution in [-0.4, -0.2) is 127 Å². The zero-order valence-corrected chi connectivity index (χ0v) is 55.1. The average Bonchev–Trinajstić information content (AvgIpc) is 1.90. The molecule has 4 atom stereocenters. The van der Waals surface area contributed by atoms with E-state index in [9.17, 15) is 38.4 Å². The lowest BCUT2D eigenvalue weighted by molar-refractivity contribution is -0.145. The highest BCUT2D eigenvalue weighted by Crippen LogP contribution is 2.44. The highest BCUT2D eigenvalue weighted by atomic mass is 16.5. The standard InChI is InChI=1S/C68H92N4O16/c1-37(61(77)81-17)69-53(73)33-85-57-41-21-43-27-50(66(8,9)10)29-45(58(43)86-34-54(74)70-38(2)62(78)82-18)23-47-31-52(68(14,15)16)32-48(60(47)88-36-56(76)72-40(4)64(80)84-20)24-46-30-51(67(11,12)13)28-44(22-42(57)26-49(25-41)65(5,6)7)59(46)87-35-55(75)71-39(3)63(79)83-19/h25-32,37-40H,21-24,33-36H2,1-20H3,(H,69,73)(H,70,74)(H,71,75)(H,72,76). The van der Waals surface area contributed by atoms with E-state index in [0.29, 0.717) is 67.5 Å². The van der Waals surface area contributed by atoms with Gasteiger partial charge in [0.25, 0.3) is 23.6 Å². The zero-order valence-electron chi connectivity index (χ0n) is 55.1. The molecular formula is C68H92N4O16. The molecule has 20 nitrogen and oxygen atoms in total. The van der Waals surface area contributed by atoms with Crippen molar-refractivity contribution in [3.8, 4) is 23.0 Å². The summed E-state index contributed by atoms with van der Waals surface area (Å²) in [4.78, 5) is 106. The topological polar surface area (TPSA) is 259 Å². The number of esters is 4. The number of fused-ring (bicyclic) bond motifs is 8. The van der Waals surface area contributed by atoms with Gasteiger partial charge in [0.15, 0.2) is 26.4 Å². The summed E-state index contributed by atoms with van der Waals surface area (Å²) >= 11 is 0. The Kier molecular flexibility index (Phi) is 23.5. The van der Waals surface area contributed by atoms with Gasteiger partial charge in [-0.25, -0.2) is 19.2 Å². The highest BCUT2D eigenvalue weighted by Gasteiger charge is 2.32. The quantitative estimate of drug-likeness (QED) is 0.0428. The van der Waals surface area contributed by atoms with Crippen LogP contribution in [0.2, 0.25) is 0 Å². The predicted octanol–water partition coefficient (Wildman–Crippen LogP) is 7.78. The van der Waals surface area contributed by atoms with E-state index in [4.69, 9.17) is 37.9 Å². The Labute approximate surface area is 518 Å². The minimum Gasteiger partial charge on any atom is -0.483 e. The number of ether oxygens (including phenoxy) is 8. The third kappa shape index (κ3) is 18.9. The fourth-order valence-corrected chi connectivity index (χ4v) is 9.99. The first-order valence-electron chi connectivity index (χ1n) is 29.5. The lowest BCUT2D eigenvalue weighted by Crippen LogP contribution is -2.41. The molecule has 0 aromatic heterocycles. The molecule has 0 saturated carbocycles. The van der Waals surface area contributed by atoms with Crippen molar-refractivity contribution < 1.29 is 76.3 Å². The molecule has 0 radical (unpaired) electrons. The van der Waals surface area contributed by atoms with Gasteiger partial charge in [-0.05, 0) is 116 Å².